The van der Waals surface area contributed by atoms with Crippen molar-refractivity contribution in [2.75, 3.05) is 6.26 Å². The largest absolute Gasteiger partial charge is 0.276 e. The van der Waals surface area contributed by atoms with Crippen LogP contribution in [0.25, 0.3) is 0 Å². The molecule has 0 amide bonds. The Bertz CT molecular complexity index is 712. The molecular formula is C12H11Cl2NO4S. The van der Waals surface area contributed by atoms with Crippen LogP contribution in [0.1, 0.15) is 28.9 Å². The van der Waals surface area contributed by atoms with E-state index in [0.29, 0.717) is 5.70 Å². The summed E-state index contributed by atoms with van der Waals surface area (Å²) >= 11 is 11.6. The smallest absolute Gasteiger partial charge is 0.253 e. The first-order valence-corrected chi connectivity index (χ1v) is 8.19. The van der Waals surface area contributed by atoms with Gasteiger partial charge in [-0.2, -0.15) is 0 Å². The number of hydrogen-bond acceptors (Lipinski definition) is 5. The Hall–Kier alpha value is -1.08. The van der Waals surface area contributed by atoms with E-state index in [1.807, 2.05) is 0 Å². The molecule has 8 heteroatoms. The first kappa shape index (κ1) is 15.3. The van der Waals surface area contributed by atoms with E-state index in [2.05, 4.69) is 5.48 Å². The average molecular weight is 336 g/mol. The molecule has 1 N–H and O–H groups in total. The molecule has 0 saturated carbocycles. The minimum atomic E-state index is -3.53. The highest BCUT2D eigenvalue weighted by Crippen LogP contribution is 2.37. The van der Waals surface area contributed by atoms with Crippen LogP contribution in [0.2, 0.25) is 5.02 Å². The summed E-state index contributed by atoms with van der Waals surface area (Å²) in [6.07, 6.45) is 2.02. The molecule has 1 heterocycles. The van der Waals surface area contributed by atoms with Gasteiger partial charge in [0.25, 0.3) is 5.24 Å². The monoisotopic (exact) mass is 335 g/mol. The maximum Gasteiger partial charge on any atom is 0.253 e. The number of halogens is 2. The van der Waals surface area contributed by atoms with E-state index in [9.17, 15) is 13.2 Å². The van der Waals surface area contributed by atoms with Gasteiger partial charge in [-0.3, -0.25) is 15.1 Å². The van der Waals surface area contributed by atoms with Gasteiger partial charge in [-0.05, 0) is 36.7 Å². The van der Waals surface area contributed by atoms with Crippen LogP contribution < -0.4 is 5.48 Å². The number of carbonyl (C=O) groups excluding carboxylic acids is 1. The summed E-state index contributed by atoms with van der Waals surface area (Å²) in [5.74, 6) is 0. The molecule has 20 heavy (non-hydrogen) atoms. The number of sulfone groups is 1. The Morgan fingerprint density at radius 2 is 2.05 bits per heavy atom. The summed E-state index contributed by atoms with van der Waals surface area (Å²) in [7, 11) is -3.53. The van der Waals surface area contributed by atoms with E-state index in [1.54, 1.807) is 13.0 Å². The van der Waals surface area contributed by atoms with E-state index >= 15 is 0 Å². The Morgan fingerprint density at radius 3 is 2.50 bits per heavy atom. The third kappa shape index (κ3) is 2.83. The third-order valence-electron chi connectivity index (χ3n) is 2.78. The van der Waals surface area contributed by atoms with Gasteiger partial charge in [0, 0.05) is 17.5 Å². The lowest BCUT2D eigenvalue weighted by atomic mass is 10.1. The molecule has 0 fully saturated rings. The molecule has 0 bridgehead atoms. The van der Waals surface area contributed by atoms with Crippen molar-refractivity contribution < 1.29 is 18.0 Å². The molecule has 0 aliphatic carbocycles. The quantitative estimate of drug-likeness (QED) is 0.859. The van der Waals surface area contributed by atoms with Crippen molar-refractivity contribution in [3.63, 3.8) is 0 Å². The fraction of sp³-hybridized carbons (Fsp3) is 0.250. The van der Waals surface area contributed by atoms with Gasteiger partial charge in [-0.25, -0.2) is 8.42 Å². The lowest BCUT2D eigenvalue weighted by Crippen LogP contribution is -2.12. The van der Waals surface area contributed by atoms with Crippen molar-refractivity contribution >= 4 is 38.3 Å². The maximum atomic E-state index is 11.9. The minimum Gasteiger partial charge on any atom is -0.276 e. The highest BCUT2D eigenvalue weighted by molar-refractivity contribution is 7.90. The predicted octanol–water partition coefficient (Wildman–Crippen LogP) is 2.60. The number of benzene rings is 1. The van der Waals surface area contributed by atoms with E-state index in [1.165, 1.54) is 12.1 Å². The van der Waals surface area contributed by atoms with Gasteiger partial charge in [0.15, 0.2) is 9.84 Å². The molecule has 0 radical (unpaired) electrons. The number of hydroxylamine groups is 1. The van der Waals surface area contributed by atoms with Gasteiger partial charge in [0.2, 0.25) is 0 Å². The van der Waals surface area contributed by atoms with Gasteiger partial charge in [-0.1, -0.05) is 11.6 Å². The molecule has 1 aliphatic rings. The Morgan fingerprint density at radius 1 is 1.40 bits per heavy atom. The van der Waals surface area contributed by atoms with Crippen LogP contribution in [-0.2, 0) is 14.7 Å². The number of rotatable bonds is 3. The zero-order chi connectivity index (χ0) is 15.1. The summed E-state index contributed by atoms with van der Waals surface area (Å²) in [5.41, 5.74) is 3.57. The van der Waals surface area contributed by atoms with Crippen molar-refractivity contribution in [1.82, 2.24) is 5.48 Å². The Kier molecular flexibility index (Phi) is 4.11. The second kappa shape index (κ2) is 5.37. The normalized spacial score (nSPS) is 18.6. The summed E-state index contributed by atoms with van der Waals surface area (Å²) in [5, 5.41) is -0.784. The second-order valence-corrected chi connectivity index (χ2v) is 7.08. The van der Waals surface area contributed by atoms with Crippen molar-refractivity contribution in [1.29, 1.82) is 0 Å². The Labute approximate surface area is 126 Å². The van der Waals surface area contributed by atoms with Crippen LogP contribution in [0, 0.1) is 0 Å². The van der Waals surface area contributed by atoms with E-state index < -0.39 is 21.2 Å². The van der Waals surface area contributed by atoms with Crippen LogP contribution in [-0.4, -0.2) is 19.9 Å². The first-order valence-electron chi connectivity index (χ1n) is 5.54. The fourth-order valence-corrected chi connectivity index (χ4v) is 3.46. The van der Waals surface area contributed by atoms with Crippen LogP contribution in [0.3, 0.4) is 0 Å². The first-order chi connectivity index (χ1) is 9.21. The van der Waals surface area contributed by atoms with Crippen molar-refractivity contribution in [3.05, 3.63) is 40.1 Å². The molecule has 0 spiro atoms. The van der Waals surface area contributed by atoms with Gasteiger partial charge in [-0.15, -0.1) is 0 Å². The molecule has 1 unspecified atom stereocenters. The van der Waals surface area contributed by atoms with Gasteiger partial charge >= 0.3 is 0 Å². The van der Waals surface area contributed by atoms with Crippen LogP contribution in [0.15, 0.2) is 28.8 Å². The number of allylic oxidation sites excluding steroid dienone is 1. The van der Waals surface area contributed by atoms with Crippen LogP contribution in [0.4, 0.5) is 0 Å². The van der Waals surface area contributed by atoms with Crippen LogP contribution >= 0.6 is 23.2 Å². The Balaban J connectivity index is 2.73. The summed E-state index contributed by atoms with van der Waals surface area (Å²) < 4.78 is 23.7. The van der Waals surface area contributed by atoms with Crippen LogP contribution in [0.5, 0.6) is 0 Å². The topological polar surface area (TPSA) is 72.5 Å². The molecule has 2 rings (SSSR count). The molecule has 1 atom stereocenters. The standard InChI is InChI=1S/C12H11Cl2NO4S/c1-6-5-8(19-15-6)10-9(20(2,17)18)4-3-7(11(10)13)12(14)16/h3-5,8,15H,1-2H3. The molecule has 1 aromatic rings. The lowest BCUT2D eigenvalue weighted by molar-refractivity contribution is 0.0407. The highest BCUT2D eigenvalue weighted by atomic mass is 35.5. The van der Waals surface area contributed by atoms with Crippen molar-refractivity contribution in [3.8, 4) is 0 Å². The third-order valence-corrected chi connectivity index (χ3v) is 4.55. The predicted molar refractivity (Wildman–Crippen MR) is 75.5 cm³/mol. The second-order valence-electron chi connectivity index (χ2n) is 4.37. The maximum absolute atomic E-state index is 11.9. The van der Waals surface area contributed by atoms with E-state index in [0.717, 1.165) is 6.26 Å². The summed E-state index contributed by atoms with van der Waals surface area (Å²) in [6, 6.07) is 2.59. The van der Waals surface area contributed by atoms with Crippen molar-refractivity contribution in [2.45, 2.75) is 17.9 Å². The van der Waals surface area contributed by atoms with Gasteiger partial charge in [0.05, 0.1) is 15.5 Å². The number of nitrogens with one attached hydrogen (secondary N) is 1. The molecular weight excluding hydrogens is 325 g/mol. The number of hydrogen-bond donors (Lipinski definition) is 1. The summed E-state index contributed by atoms with van der Waals surface area (Å²) in [4.78, 5) is 16.6. The van der Waals surface area contributed by atoms with E-state index in [-0.39, 0.29) is 21.0 Å². The zero-order valence-corrected chi connectivity index (χ0v) is 12.9. The van der Waals surface area contributed by atoms with E-state index in [4.69, 9.17) is 28.0 Å². The molecule has 0 aromatic heterocycles. The van der Waals surface area contributed by atoms with Gasteiger partial charge < -0.3 is 0 Å². The summed E-state index contributed by atoms with van der Waals surface area (Å²) in [6.45, 7) is 1.75. The fourth-order valence-electron chi connectivity index (χ4n) is 1.91. The average Bonchev–Trinajstić information content (AvgIpc) is 2.73. The zero-order valence-electron chi connectivity index (χ0n) is 10.6. The molecule has 5 nitrogen and oxygen atoms in total. The minimum absolute atomic E-state index is 0.00177. The molecule has 108 valence electrons. The number of carbonyl (C=O) groups is 1. The van der Waals surface area contributed by atoms with Crippen molar-refractivity contribution in [2.24, 2.45) is 0 Å². The molecule has 1 aromatic carbocycles. The molecule has 1 aliphatic heterocycles. The highest BCUT2D eigenvalue weighted by Gasteiger charge is 2.28. The SMILES string of the molecule is CC1=CC(c2c(S(C)(=O)=O)ccc(C(=O)Cl)c2Cl)ON1. The lowest BCUT2D eigenvalue weighted by Gasteiger charge is -2.16. The molecule has 0 saturated heterocycles. The van der Waals surface area contributed by atoms with Gasteiger partial charge in [0.1, 0.15) is 6.10 Å².